The van der Waals surface area contributed by atoms with Gasteiger partial charge in [0.15, 0.2) is 9.84 Å². The number of amides is 1. The molecule has 1 amide bonds. The van der Waals surface area contributed by atoms with Gasteiger partial charge in [-0.2, -0.15) is 0 Å². The monoisotopic (exact) mass is 269 g/mol. The van der Waals surface area contributed by atoms with E-state index in [1.54, 1.807) is 13.8 Å². The molecule has 0 aromatic carbocycles. The minimum absolute atomic E-state index is 0.0184. The standard InChI is InChI=1S/C11H15N3O3S/c1-7-10(8(2)13-6-12-7)11(15)14-9-3-4-18(16,17)5-9/h6,9H,3-5H2,1-2H3,(H,14,15)/t9-/m1/s1. The lowest BCUT2D eigenvalue weighted by molar-refractivity contribution is 0.0939. The summed E-state index contributed by atoms with van der Waals surface area (Å²) in [6.07, 6.45) is 1.88. The van der Waals surface area contributed by atoms with Crippen LogP contribution < -0.4 is 5.32 Å². The summed E-state index contributed by atoms with van der Waals surface area (Å²) in [6, 6.07) is -0.304. The van der Waals surface area contributed by atoms with Gasteiger partial charge < -0.3 is 5.32 Å². The zero-order chi connectivity index (χ0) is 13.3. The van der Waals surface area contributed by atoms with E-state index < -0.39 is 9.84 Å². The molecule has 1 fully saturated rings. The summed E-state index contributed by atoms with van der Waals surface area (Å²) in [6.45, 7) is 3.46. The molecule has 2 heterocycles. The smallest absolute Gasteiger partial charge is 0.255 e. The molecule has 1 aliphatic rings. The van der Waals surface area contributed by atoms with Crippen molar-refractivity contribution in [2.45, 2.75) is 26.3 Å². The Labute approximate surface area is 106 Å². The van der Waals surface area contributed by atoms with Gasteiger partial charge in [0.05, 0.1) is 28.5 Å². The average molecular weight is 269 g/mol. The Balaban J connectivity index is 2.14. The predicted molar refractivity (Wildman–Crippen MR) is 66.0 cm³/mol. The van der Waals surface area contributed by atoms with Crippen molar-refractivity contribution in [1.82, 2.24) is 15.3 Å². The van der Waals surface area contributed by atoms with E-state index in [1.165, 1.54) is 6.33 Å². The third-order valence-electron chi connectivity index (χ3n) is 3.02. The van der Waals surface area contributed by atoms with E-state index in [9.17, 15) is 13.2 Å². The molecule has 98 valence electrons. The van der Waals surface area contributed by atoms with E-state index in [1.807, 2.05) is 0 Å². The van der Waals surface area contributed by atoms with Gasteiger partial charge in [-0.1, -0.05) is 0 Å². The number of nitrogens with zero attached hydrogens (tertiary/aromatic N) is 2. The van der Waals surface area contributed by atoms with E-state index in [2.05, 4.69) is 15.3 Å². The van der Waals surface area contributed by atoms with Crippen LogP contribution in [0.15, 0.2) is 6.33 Å². The van der Waals surface area contributed by atoms with Gasteiger partial charge in [-0.05, 0) is 20.3 Å². The van der Waals surface area contributed by atoms with Crippen LogP contribution in [0.3, 0.4) is 0 Å². The van der Waals surface area contributed by atoms with E-state index in [0.717, 1.165) is 0 Å². The zero-order valence-corrected chi connectivity index (χ0v) is 11.1. The lowest BCUT2D eigenvalue weighted by Gasteiger charge is -2.12. The molecule has 2 rings (SSSR count). The summed E-state index contributed by atoms with van der Waals surface area (Å²) in [5, 5.41) is 2.73. The van der Waals surface area contributed by atoms with E-state index >= 15 is 0 Å². The minimum atomic E-state index is -2.99. The van der Waals surface area contributed by atoms with Gasteiger partial charge in [-0.25, -0.2) is 18.4 Å². The second-order valence-corrected chi connectivity index (χ2v) is 6.72. The van der Waals surface area contributed by atoms with Crippen molar-refractivity contribution in [3.8, 4) is 0 Å². The van der Waals surface area contributed by atoms with Crippen molar-refractivity contribution in [1.29, 1.82) is 0 Å². The number of rotatable bonds is 2. The zero-order valence-electron chi connectivity index (χ0n) is 10.3. The number of aromatic nitrogens is 2. The molecule has 0 unspecified atom stereocenters. The molecule has 0 radical (unpaired) electrons. The first-order valence-electron chi connectivity index (χ1n) is 5.68. The third-order valence-corrected chi connectivity index (χ3v) is 4.79. The number of hydrogen-bond donors (Lipinski definition) is 1. The molecular weight excluding hydrogens is 254 g/mol. The summed E-state index contributed by atoms with van der Waals surface area (Å²) in [5.41, 5.74) is 1.63. The second kappa shape index (κ2) is 4.64. The average Bonchev–Trinajstić information content (AvgIpc) is 2.57. The Morgan fingerprint density at radius 1 is 1.33 bits per heavy atom. The Morgan fingerprint density at radius 3 is 2.44 bits per heavy atom. The summed E-state index contributed by atoms with van der Waals surface area (Å²) in [4.78, 5) is 20.0. The maximum atomic E-state index is 12.1. The number of nitrogens with one attached hydrogen (secondary N) is 1. The van der Waals surface area contributed by atoms with Crippen LogP contribution in [0.5, 0.6) is 0 Å². The molecule has 1 aromatic rings. The number of aryl methyl sites for hydroxylation is 2. The molecule has 1 atom stereocenters. The van der Waals surface area contributed by atoms with E-state index in [4.69, 9.17) is 0 Å². The topological polar surface area (TPSA) is 89.0 Å². The maximum Gasteiger partial charge on any atom is 0.255 e. The molecular formula is C11H15N3O3S. The van der Waals surface area contributed by atoms with E-state index in [-0.39, 0.29) is 23.5 Å². The first-order chi connectivity index (χ1) is 8.39. The minimum Gasteiger partial charge on any atom is -0.348 e. The van der Waals surface area contributed by atoms with Gasteiger partial charge in [0.1, 0.15) is 6.33 Å². The van der Waals surface area contributed by atoms with Crippen molar-refractivity contribution in [2.75, 3.05) is 11.5 Å². The van der Waals surface area contributed by atoms with Crippen molar-refractivity contribution < 1.29 is 13.2 Å². The van der Waals surface area contributed by atoms with Crippen molar-refractivity contribution in [3.05, 3.63) is 23.3 Å². The normalized spacial score (nSPS) is 21.8. The highest BCUT2D eigenvalue weighted by Gasteiger charge is 2.29. The fourth-order valence-electron chi connectivity index (χ4n) is 2.09. The van der Waals surface area contributed by atoms with Crippen LogP contribution in [-0.4, -0.2) is 41.8 Å². The molecule has 0 saturated carbocycles. The fourth-order valence-corrected chi connectivity index (χ4v) is 3.76. The van der Waals surface area contributed by atoms with Crippen LogP contribution in [0.4, 0.5) is 0 Å². The van der Waals surface area contributed by atoms with Crippen LogP contribution in [0.2, 0.25) is 0 Å². The Kier molecular flexibility index (Phi) is 3.34. The summed E-state index contributed by atoms with van der Waals surface area (Å²) < 4.78 is 22.6. The lowest BCUT2D eigenvalue weighted by atomic mass is 10.1. The fraction of sp³-hybridized carbons (Fsp3) is 0.545. The van der Waals surface area contributed by atoms with Gasteiger partial charge in [0, 0.05) is 6.04 Å². The third kappa shape index (κ3) is 2.66. The van der Waals surface area contributed by atoms with Crippen LogP contribution in [0.25, 0.3) is 0 Å². The highest BCUT2D eigenvalue weighted by molar-refractivity contribution is 7.91. The predicted octanol–water partition coefficient (Wildman–Crippen LogP) is 0.0103. The van der Waals surface area contributed by atoms with Gasteiger partial charge in [-0.15, -0.1) is 0 Å². The molecule has 1 aliphatic heterocycles. The molecule has 18 heavy (non-hydrogen) atoms. The summed E-state index contributed by atoms with van der Waals surface area (Å²) >= 11 is 0. The lowest BCUT2D eigenvalue weighted by Crippen LogP contribution is -2.36. The first kappa shape index (κ1) is 12.9. The SMILES string of the molecule is Cc1ncnc(C)c1C(=O)N[C@@H]1CCS(=O)(=O)C1. The van der Waals surface area contributed by atoms with Crippen LogP contribution in [-0.2, 0) is 9.84 Å². The maximum absolute atomic E-state index is 12.1. The van der Waals surface area contributed by atoms with Gasteiger partial charge in [0.25, 0.3) is 5.91 Å². The quantitative estimate of drug-likeness (QED) is 0.817. The molecule has 7 heteroatoms. The molecule has 0 spiro atoms. The highest BCUT2D eigenvalue weighted by atomic mass is 32.2. The van der Waals surface area contributed by atoms with Crippen LogP contribution in [0.1, 0.15) is 28.2 Å². The Bertz CT molecular complexity index is 563. The first-order valence-corrected chi connectivity index (χ1v) is 7.50. The molecule has 6 nitrogen and oxygen atoms in total. The van der Waals surface area contributed by atoms with Crippen molar-refractivity contribution >= 4 is 15.7 Å². The molecule has 1 N–H and O–H groups in total. The largest absolute Gasteiger partial charge is 0.348 e. The van der Waals surface area contributed by atoms with Crippen molar-refractivity contribution in [3.63, 3.8) is 0 Å². The Morgan fingerprint density at radius 2 is 1.94 bits per heavy atom. The van der Waals surface area contributed by atoms with Crippen LogP contribution in [0, 0.1) is 13.8 Å². The van der Waals surface area contributed by atoms with Gasteiger partial charge in [-0.3, -0.25) is 4.79 Å². The molecule has 1 saturated heterocycles. The molecule has 0 aliphatic carbocycles. The number of carbonyl (C=O) groups excluding carboxylic acids is 1. The highest BCUT2D eigenvalue weighted by Crippen LogP contribution is 2.14. The summed E-state index contributed by atoms with van der Waals surface area (Å²) in [7, 11) is -2.99. The van der Waals surface area contributed by atoms with E-state index in [0.29, 0.717) is 23.4 Å². The van der Waals surface area contributed by atoms with Crippen molar-refractivity contribution in [2.24, 2.45) is 0 Å². The van der Waals surface area contributed by atoms with Crippen LogP contribution >= 0.6 is 0 Å². The summed E-state index contributed by atoms with van der Waals surface area (Å²) in [5.74, 6) is -0.140. The van der Waals surface area contributed by atoms with Gasteiger partial charge >= 0.3 is 0 Å². The number of hydrogen-bond acceptors (Lipinski definition) is 5. The molecule has 0 bridgehead atoms. The second-order valence-electron chi connectivity index (χ2n) is 4.49. The van der Waals surface area contributed by atoms with Gasteiger partial charge in [0.2, 0.25) is 0 Å². The molecule has 1 aromatic heterocycles. The number of sulfone groups is 1. The Hall–Kier alpha value is -1.50. The number of carbonyl (C=O) groups is 1.